The largest absolute Gasteiger partial charge is 0.462 e. The summed E-state index contributed by atoms with van der Waals surface area (Å²) in [5.41, 5.74) is 0. The van der Waals surface area contributed by atoms with E-state index in [-0.39, 0.29) is 19.4 Å². The van der Waals surface area contributed by atoms with Gasteiger partial charge < -0.3 is 34.2 Å². The molecule has 0 unspecified atom stereocenters. The van der Waals surface area contributed by atoms with Crippen LogP contribution in [0.1, 0.15) is 219 Å². The lowest BCUT2D eigenvalue weighted by molar-refractivity contribution is -0.164. The van der Waals surface area contributed by atoms with Crippen LogP contribution in [0.3, 0.4) is 0 Å². The zero-order chi connectivity index (χ0) is 39.3. The third kappa shape index (κ3) is 35.1. The Labute approximate surface area is 324 Å². The molecule has 10 nitrogen and oxygen atoms in total. The van der Waals surface area contributed by atoms with Crippen LogP contribution >= 0.6 is 7.60 Å². The number of esters is 2. The Morgan fingerprint density at radius 3 is 1.15 bits per heavy atom. The SMILES string of the molecule is CCCCCCCCCCCCCCCCCC(=O)OC[C@H](CO[C@H]([C@@H](O)CO)P(=O)(O)O)OC(=O)CCCCCCCCCCCCCCCCC. The molecule has 3 atom stereocenters. The minimum Gasteiger partial charge on any atom is -0.462 e. The summed E-state index contributed by atoms with van der Waals surface area (Å²) in [6.45, 7) is 2.74. The van der Waals surface area contributed by atoms with Crippen LogP contribution in [0.4, 0.5) is 0 Å². The lowest BCUT2D eigenvalue weighted by atomic mass is 10.0. The third-order valence-electron chi connectivity index (χ3n) is 10.00. The van der Waals surface area contributed by atoms with Crippen LogP contribution < -0.4 is 0 Å². The number of carbonyl (C=O) groups is 2. The molecule has 0 spiro atoms. The van der Waals surface area contributed by atoms with Crippen molar-refractivity contribution in [1.82, 2.24) is 0 Å². The van der Waals surface area contributed by atoms with Crippen LogP contribution in [0, 0.1) is 0 Å². The van der Waals surface area contributed by atoms with Crippen molar-refractivity contribution in [2.24, 2.45) is 0 Å². The van der Waals surface area contributed by atoms with Gasteiger partial charge in [-0.25, -0.2) is 0 Å². The van der Waals surface area contributed by atoms with E-state index in [1.165, 1.54) is 141 Å². The van der Waals surface area contributed by atoms with E-state index in [1.807, 2.05) is 0 Å². The summed E-state index contributed by atoms with van der Waals surface area (Å²) in [5, 5.41) is 19.1. The molecule has 0 rings (SSSR count). The van der Waals surface area contributed by atoms with Crippen molar-refractivity contribution in [2.45, 2.75) is 237 Å². The maximum atomic E-state index is 12.6. The quantitative estimate of drug-likeness (QED) is 0.0267. The number of aliphatic hydroxyl groups is 2. The van der Waals surface area contributed by atoms with Crippen LogP contribution in [0.15, 0.2) is 0 Å². The first-order valence-corrected chi connectivity index (χ1v) is 23.6. The Morgan fingerprint density at radius 2 is 0.830 bits per heavy atom. The lowest BCUT2D eigenvalue weighted by Gasteiger charge is -2.25. The number of unbranched alkanes of at least 4 members (excludes halogenated alkanes) is 28. The van der Waals surface area contributed by atoms with Gasteiger partial charge in [0, 0.05) is 12.8 Å². The van der Waals surface area contributed by atoms with Gasteiger partial charge in [-0.1, -0.05) is 194 Å². The van der Waals surface area contributed by atoms with Gasteiger partial charge in [-0.15, -0.1) is 0 Å². The highest BCUT2D eigenvalue weighted by Crippen LogP contribution is 2.43. The van der Waals surface area contributed by atoms with Gasteiger partial charge in [0.2, 0.25) is 0 Å². The zero-order valence-electron chi connectivity index (χ0n) is 34.2. The van der Waals surface area contributed by atoms with Gasteiger partial charge in [0.05, 0.1) is 13.2 Å². The molecule has 0 aromatic carbocycles. The van der Waals surface area contributed by atoms with E-state index in [4.69, 9.17) is 14.2 Å². The van der Waals surface area contributed by atoms with Crippen molar-refractivity contribution in [3.63, 3.8) is 0 Å². The predicted octanol–water partition coefficient (Wildman–Crippen LogP) is 10.8. The monoisotopic (exact) mass is 779 g/mol. The molecule has 0 aromatic rings. The normalized spacial score (nSPS) is 13.5. The molecule has 0 radical (unpaired) electrons. The van der Waals surface area contributed by atoms with Crippen molar-refractivity contribution in [1.29, 1.82) is 0 Å². The van der Waals surface area contributed by atoms with Crippen LogP contribution in [0.5, 0.6) is 0 Å². The van der Waals surface area contributed by atoms with Crippen LogP contribution in [-0.2, 0) is 28.4 Å². The van der Waals surface area contributed by atoms with Crippen molar-refractivity contribution in [3.05, 3.63) is 0 Å². The first kappa shape index (κ1) is 52.0. The summed E-state index contributed by atoms with van der Waals surface area (Å²) in [5.74, 6) is -2.95. The molecule has 4 N–H and O–H groups in total. The molecule has 53 heavy (non-hydrogen) atoms. The average Bonchev–Trinajstić information content (AvgIpc) is 3.13. The molecule has 0 saturated carbocycles. The summed E-state index contributed by atoms with van der Waals surface area (Å²) in [4.78, 5) is 44.2. The number of rotatable bonds is 41. The van der Waals surface area contributed by atoms with E-state index in [2.05, 4.69) is 13.8 Å². The minimum atomic E-state index is -4.94. The Hall–Kier alpha value is -1.03. The molecule has 0 saturated heterocycles. The highest BCUT2D eigenvalue weighted by atomic mass is 31.2. The van der Waals surface area contributed by atoms with E-state index >= 15 is 0 Å². The number of ether oxygens (including phenoxy) is 3. The van der Waals surface area contributed by atoms with Gasteiger partial charge in [-0.3, -0.25) is 14.2 Å². The molecular formula is C42H83O10P. The maximum Gasteiger partial charge on any atom is 0.356 e. The fraction of sp³-hybridized carbons (Fsp3) is 0.952. The second-order valence-electron chi connectivity index (χ2n) is 15.3. The second kappa shape index (κ2) is 37.9. The third-order valence-corrected chi connectivity index (χ3v) is 11.2. The molecule has 11 heteroatoms. The predicted molar refractivity (Wildman–Crippen MR) is 215 cm³/mol. The highest BCUT2D eigenvalue weighted by Gasteiger charge is 2.37. The first-order valence-electron chi connectivity index (χ1n) is 22.0. The first-order chi connectivity index (χ1) is 25.6. The van der Waals surface area contributed by atoms with Crippen molar-refractivity contribution >= 4 is 19.5 Å². The smallest absolute Gasteiger partial charge is 0.356 e. The van der Waals surface area contributed by atoms with Crippen LogP contribution in [0.2, 0.25) is 0 Å². The minimum absolute atomic E-state index is 0.170. The van der Waals surface area contributed by atoms with Crippen molar-refractivity contribution in [3.8, 4) is 0 Å². The Kier molecular flexibility index (Phi) is 37.1. The van der Waals surface area contributed by atoms with Crippen molar-refractivity contribution in [2.75, 3.05) is 19.8 Å². The summed E-state index contributed by atoms with van der Waals surface area (Å²) >= 11 is 0. The summed E-state index contributed by atoms with van der Waals surface area (Å²) in [6, 6.07) is 0. The van der Waals surface area contributed by atoms with E-state index in [0.717, 1.165) is 38.5 Å². The fourth-order valence-electron chi connectivity index (χ4n) is 6.63. The lowest BCUT2D eigenvalue weighted by Crippen LogP contribution is -2.37. The highest BCUT2D eigenvalue weighted by molar-refractivity contribution is 7.52. The number of carbonyl (C=O) groups excluding carboxylic acids is 2. The van der Waals surface area contributed by atoms with E-state index in [0.29, 0.717) is 12.8 Å². The molecule has 0 bridgehead atoms. The molecule has 0 fully saturated rings. The molecule has 0 aliphatic carbocycles. The molecule has 0 amide bonds. The molecule has 0 aliphatic rings. The van der Waals surface area contributed by atoms with Gasteiger partial charge >= 0.3 is 19.5 Å². The van der Waals surface area contributed by atoms with Gasteiger partial charge in [-0.05, 0) is 12.8 Å². The summed E-state index contributed by atoms with van der Waals surface area (Å²) < 4.78 is 27.9. The summed E-state index contributed by atoms with van der Waals surface area (Å²) in [7, 11) is -4.94. The topological polar surface area (TPSA) is 160 Å². The molecule has 0 aliphatic heterocycles. The van der Waals surface area contributed by atoms with Gasteiger partial charge in [0.15, 0.2) is 11.9 Å². The van der Waals surface area contributed by atoms with Crippen LogP contribution in [0.25, 0.3) is 0 Å². The Bertz CT molecular complexity index is 867. The van der Waals surface area contributed by atoms with E-state index < -0.39 is 50.8 Å². The molecule has 0 heterocycles. The number of aliphatic hydroxyl groups excluding tert-OH is 2. The van der Waals surface area contributed by atoms with Gasteiger partial charge in [0.1, 0.15) is 12.7 Å². The summed E-state index contributed by atoms with van der Waals surface area (Å²) in [6.07, 6.45) is 34.1. The molecule has 316 valence electrons. The average molecular weight is 779 g/mol. The number of hydrogen-bond donors (Lipinski definition) is 4. The second-order valence-corrected chi connectivity index (χ2v) is 16.9. The Morgan fingerprint density at radius 1 is 0.509 bits per heavy atom. The standard InChI is InChI=1S/C42H83O10P/c1-3-5-7-9-11-13-15-17-19-21-23-25-27-29-31-33-40(45)50-36-38(37-51-42(39(44)35-43)53(47,48)49)52-41(46)34-32-30-28-26-24-22-20-18-16-14-12-10-8-6-4-2/h38-39,42-44H,3-37H2,1-2H3,(H2,47,48,49)/t38-,39+,42+/m1/s1. The van der Waals surface area contributed by atoms with E-state index in [1.54, 1.807) is 0 Å². The van der Waals surface area contributed by atoms with Crippen LogP contribution in [-0.4, -0.2) is 69.8 Å². The Balaban J connectivity index is 4.31. The van der Waals surface area contributed by atoms with E-state index in [9.17, 15) is 34.2 Å². The number of hydrogen-bond acceptors (Lipinski definition) is 8. The molecule has 0 aromatic heterocycles. The van der Waals surface area contributed by atoms with Gasteiger partial charge in [0.25, 0.3) is 0 Å². The van der Waals surface area contributed by atoms with Crippen molar-refractivity contribution < 1.29 is 48.4 Å². The fourth-order valence-corrected chi connectivity index (χ4v) is 7.45. The zero-order valence-corrected chi connectivity index (χ0v) is 35.1. The van der Waals surface area contributed by atoms with Gasteiger partial charge in [-0.2, -0.15) is 0 Å². The maximum absolute atomic E-state index is 12.6. The molecular weight excluding hydrogens is 695 g/mol.